The monoisotopic (exact) mass is 338 g/mol. The zero-order valence-corrected chi connectivity index (χ0v) is 14.0. The summed E-state index contributed by atoms with van der Waals surface area (Å²) < 4.78 is 4.72. The van der Waals surface area contributed by atoms with E-state index >= 15 is 0 Å². The third kappa shape index (κ3) is 6.25. The van der Waals surface area contributed by atoms with Crippen molar-refractivity contribution < 1.29 is 29.3 Å². The number of hydrogen-bond acceptors (Lipinski definition) is 6. The van der Waals surface area contributed by atoms with Gasteiger partial charge < -0.3 is 14.9 Å². The van der Waals surface area contributed by atoms with Crippen molar-refractivity contribution in [2.75, 3.05) is 7.11 Å². The van der Waals surface area contributed by atoms with E-state index in [4.69, 9.17) is 14.9 Å². The quantitative estimate of drug-likeness (QED) is 0.574. The van der Waals surface area contributed by atoms with Gasteiger partial charge in [0.15, 0.2) is 0 Å². The van der Waals surface area contributed by atoms with Gasteiger partial charge in [0.05, 0.1) is 36.0 Å². The Morgan fingerprint density at radius 2 is 1.54 bits per heavy atom. The SMILES string of the molecule is COC(=O)C(CC(C)(C#N)CCC(=O)O)C(C)(C#N)CCC(=O)O. The van der Waals surface area contributed by atoms with Gasteiger partial charge in [-0.05, 0) is 33.1 Å². The molecule has 8 heteroatoms. The molecule has 0 radical (unpaired) electrons. The smallest absolute Gasteiger partial charge is 0.310 e. The first-order valence-corrected chi connectivity index (χ1v) is 7.37. The lowest BCUT2D eigenvalue weighted by atomic mass is 9.67. The molecule has 0 aliphatic carbocycles. The second-order valence-corrected chi connectivity index (χ2v) is 6.27. The van der Waals surface area contributed by atoms with Crippen LogP contribution in [0.4, 0.5) is 0 Å². The summed E-state index contributed by atoms with van der Waals surface area (Å²) >= 11 is 0. The number of aliphatic carboxylic acids is 2. The molecule has 24 heavy (non-hydrogen) atoms. The van der Waals surface area contributed by atoms with Gasteiger partial charge >= 0.3 is 17.9 Å². The van der Waals surface area contributed by atoms with Crippen molar-refractivity contribution in [3.8, 4) is 12.1 Å². The molecule has 0 rings (SSSR count). The van der Waals surface area contributed by atoms with Crippen LogP contribution >= 0.6 is 0 Å². The van der Waals surface area contributed by atoms with Crippen molar-refractivity contribution in [2.45, 2.75) is 46.0 Å². The van der Waals surface area contributed by atoms with Gasteiger partial charge in [-0.25, -0.2) is 0 Å². The lowest BCUT2D eigenvalue weighted by molar-refractivity contribution is -0.151. The minimum atomic E-state index is -1.34. The highest BCUT2D eigenvalue weighted by Crippen LogP contribution is 2.42. The average molecular weight is 338 g/mol. The molecule has 3 atom stereocenters. The number of carboxylic acids is 2. The first kappa shape index (κ1) is 21.4. The summed E-state index contributed by atoms with van der Waals surface area (Å²) in [6.07, 6.45) is -0.731. The van der Waals surface area contributed by atoms with Gasteiger partial charge in [0.25, 0.3) is 0 Å². The average Bonchev–Trinajstić information content (AvgIpc) is 2.55. The summed E-state index contributed by atoms with van der Waals surface area (Å²) in [6, 6.07) is 3.98. The predicted octanol–water partition coefficient (Wildman–Crippen LogP) is 1.96. The Labute approximate surface area is 140 Å². The fourth-order valence-electron chi connectivity index (χ4n) is 2.42. The van der Waals surface area contributed by atoms with Crippen LogP contribution in [0.1, 0.15) is 46.0 Å². The van der Waals surface area contributed by atoms with E-state index in [1.54, 1.807) is 0 Å². The molecule has 0 fully saturated rings. The van der Waals surface area contributed by atoms with Crippen LogP contribution in [0, 0.1) is 39.4 Å². The van der Waals surface area contributed by atoms with E-state index in [9.17, 15) is 24.9 Å². The Bertz CT molecular complexity index is 576. The van der Waals surface area contributed by atoms with Crippen molar-refractivity contribution >= 4 is 17.9 Å². The normalized spacial score (nSPS) is 16.5. The van der Waals surface area contributed by atoms with Crippen LogP contribution in [0.3, 0.4) is 0 Å². The summed E-state index contributed by atoms with van der Waals surface area (Å²) in [5.74, 6) is -3.93. The molecule has 2 N–H and O–H groups in total. The minimum absolute atomic E-state index is 0.00671. The summed E-state index contributed by atoms with van der Waals surface area (Å²) in [5.41, 5.74) is -2.49. The molecule has 0 aromatic carbocycles. The Balaban J connectivity index is 5.56. The topological polar surface area (TPSA) is 148 Å². The predicted molar refractivity (Wildman–Crippen MR) is 81.3 cm³/mol. The van der Waals surface area contributed by atoms with Crippen LogP contribution in [0.15, 0.2) is 0 Å². The second-order valence-electron chi connectivity index (χ2n) is 6.27. The van der Waals surface area contributed by atoms with Gasteiger partial charge in [0.2, 0.25) is 0 Å². The maximum Gasteiger partial charge on any atom is 0.310 e. The molecule has 0 spiro atoms. The largest absolute Gasteiger partial charge is 0.481 e. The number of carbonyl (C=O) groups excluding carboxylic acids is 1. The number of carboxylic acid groups (broad SMARTS) is 2. The lowest BCUT2D eigenvalue weighted by Gasteiger charge is -2.34. The molecule has 3 unspecified atom stereocenters. The van der Waals surface area contributed by atoms with Crippen molar-refractivity contribution in [1.29, 1.82) is 10.5 Å². The maximum atomic E-state index is 12.1. The van der Waals surface area contributed by atoms with Crippen molar-refractivity contribution in [2.24, 2.45) is 16.7 Å². The number of rotatable bonds is 10. The van der Waals surface area contributed by atoms with E-state index in [0.29, 0.717) is 0 Å². The third-order valence-corrected chi connectivity index (χ3v) is 4.18. The van der Waals surface area contributed by atoms with E-state index in [-0.39, 0.29) is 32.1 Å². The number of nitrogens with zero attached hydrogens (tertiary/aromatic N) is 2. The molecule has 0 heterocycles. The Morgan fingerprint density at radius 3 is 1.92 bits per heavy atom. The molecule has 0 amide bonds. The fourth-order valence-corrected chi connectivity index (χ4v) is 2.42. The van der Waals surface area contributed by atoms with Crippen molar-refractivity contribution in [1.82, 2.24) is 0 Å². The molecule has 0 bridgehead atoms. The first-order chi connectivity index (χ1) is 11.0. The van der Waals surface area contributed by atoms with Gasteiger partial charge in [-0.3, -0.25) is 14.4 Å². The highest BCUT2D eigenvalue weighted by molar-refractivity contribution is 5.74. The van der Waals surface area contributed by atoms with E-state index in [2.05, 4.69) is 0 Å². The maximum absolute atomic E-state index is 12.1. The van der Waals surface area contributed by atoms with Gasteiger partial charge in [-0.2, -0.15) is 10.5 Å². The van der Waals surface area contributed by atoms with Crippen LogP contribution in [-0.4, -0.2) is 35.2 Å². The van der Waals surface area contributed by atoms with Crippen molar-refractivity contribution in [3.05, 3.63) is 0 Å². The highest BCUT2D eigenvalue weighted by Gasteiger charge is 2.44. The van der Waals surface area contributed by atoms with Crippen LogP contribution in [0.25, 0.3) is 0 Å². The number of esters is 1. The molecule has 0 saturated heterocycles. The Kier molecular flexibility index (Phi) is 7.91. The zero-order chi connectivity index (χ0) is 19.0. The summed E-state index contributed by atoms with van der Waals surface area (Å²) in [6.45, 7) is 2.97. The van der Waals surface area contributed by atoms with E-state index in [1.807, 2.05) is 12.1 Å². The zero-order valence-electron chi connectivity index (χ0n) is 14.0. The molecule has 132 valence electrons. The molecular formula is C16H22N2O6. The molecule has 8 nitrogen and oxygen atoms in total. The van der Waals surface area contributed by atoms with Crippen LogP contribution in [0.2, 0.25) is 0 Å². The molecule has 0 aromatic heterocycles. The number of hydrogen-bond donors (Lipinski definition) is 2. The van der Waals surface area contributed by atoms with Crippen molar-refractivity contribution in [3.63, 3.8) is 0 Å². The third-order valence-electron chi connectivity index (χ3n) is 4.18. The lowest BCUT2D eigenvalue weighted by Crippen LogP contribution is -2.37. The minimum Gasteiger partial charge on any atom is -0.481 e. The summed E-state index contributed by atoms with van der Waals surface area (Å²) in [7, 11) is 1.14. The summed E-state index contributed by atoms with van der Waals surface area (Å²) in [5, 5.41) is 36.5. The first-order valence-electron chi connectivity index (χ1n) is 7.37. The van der Waals surface area contributed by atoms with Gasteiger partial charge in [0.1, 0.15) is 0 Å². The Morgan fingerprint density at radius 1 is 1.04 bits per heavy atom. The molecular weight excluding hydrogens is 316 g/mol. The second kappa shape index (κ2) is 8.88. The van der Waals surface area contributed by atoms with Gasteiger partial charge in [-0.15, -0.1) is 0 Å². The van der Waals surface area contributed by atoms with Gasteiger partial charge in [-0.1, -0.05) is 0 Å². The molecule has 0 aliphatic heterocycles. The van der Waals surface area contributed by atoms with Crippen LogP contribution in [0.5, 0.6) is 0 Å². The summed E-state index contributed by atoms with van der Waals surface area (Å²) in [4.78, 5) is 33.7. The van der Waals surface area contributed by atoms with E-state index < -0.39 is 34.7 Å². The fraction of sp³-hybridized carbons (Fsp3) is 0.688. The number of carbonyl (C=O) groups is 3. The van der Waals surface area contributed by atoms with E-state index in [1.165, 1.54) is 13.8 Å². The number of nitriles is 2. The molecule has 0 aliphatic rings. The van der Waals surface area contributed by atoms with Crippen LogP contribution in [-0.2, 0) is 19.1 Å². The Hall–Kier alpha value is -2.61. The standard InChI is InChI=1S/C16H22N2O6/c1-15(9-17,6-4-12(19)20)8-11(14(23)24-3)16(2,10-18)7-5-13(21)22/h11H,4-8H2,1-3H3,(H,19,20)(H,21,22). The number of ether oxygens (including phenoxy) is 1. The number of methoxy groups -OCH3 is 1. The molecule has 0 aromatic rings. The van der Waals surface area contributed by atoms with Gasteiger partial charge in [0, 0.05) is 12.8 Å². The highest BCUT2D eigenvalue weighted by atomic mass is 16.5. The van der Waals surface area contributed by atoms with Crippen LogP contribution < -0.4 is 0 Å². The molecule has 0 saturated carbocycles. The van der Waals surface area contributed by atoms with E-state index in [0.717, 1.165) is 7.11 Å².